The van der Waals surface area contributed by atoms with Crippen molar-refractivity contribution < 1.29 is 13.2 Å². The van der Waals surface area contributed by atoms with E-state index in [2.05, 4.69) is 24.1 Å². The standard InChI is InChI=1S/C24H33N3O4S/c1-16-11-17(2)15-27(14-16)32(30,31)19-9-10-22-20(12-19)23(28)21(13-25-22)24(29)26-18-7-5-3-4-6-8-18/h9-10,12-13,16-18H,3-8,11,14-15H2,1-2H3,(H,25,28)(H,26,29). The smallest absolute Gasteiger partial charge is 0.256 e. The van der Waals surface area contributed by atoms with Gasteiger partial charge in [-0.2, -0.15) is 4.31 Å². The first kappa shape index (κ1) is 23.0. The van der Waals surface area contributed by atoms with Gasteiger partial charge in [-0.1, -0.05) is 39.5 Å². The minimum atomic E-state index is -3.72. The van der Waals surface area contributed by atoms with E-state index in [-0.39, 0.29) is 33.7 Å². The summed E-state index contributed by atoms with van der Waals surface area (Å²) in [4.78, 5) is 29.1. The molecule has 1 aliphatic heterocycles. The van der Waals surface area contributed by atoms with E-state index in [1.165, 1.54) is 35.5 Å². The molecule has 0 bridgehead atoms. The summed E-state index contributed by atoms with van der Waals surface area (Å²) in [5.41, 5.74) is 0.0964. The lowest BCUT2D eigenvalue weighted by atomic mass is 9.94. The molecule has 2 aliphatic rings. The number of hydrogen-bond donors (Lipinski definition) is 2. The van der Waals surface area contributed by atoms with E-state index in [0.717, 1.165) is 32.1 Å². The average Bonchev–Trinajstić information content (AvgIpc) is 3.01. The quantitative estimate of drug-likeness (QED) is 0.682. The summed E-state index contributed by atoms with van der Waals surface area (Å²) in [6.07, 6.45) is 8.78. The van der Waals surface area contributed by atoms with Gasteiger partial charge in [0.15, 0.2) is 0 Å². The summed E-state index contributed by atoms with van der Waals surface area (Å²) in [7, 11) is -3.72. The number of benzene rings is 1. The van der Waals surface area contributed by atoms with E-state index in [1.54, 1.807) is 6.07 Å². The molecule has 32 heavy (non-hydrogen) atoms. The Balaban J connectivity index is 1.64. The molecular formula is C24H33N3O4S. The second-order valence-electron chi connectivity index (χ2n) is 9.67. The first-order valence-corrected chi connectivity index (χ1v) is 13.2. The number of hydrogen-bond acceptors (Lipinski definition) is 4. The van der Waals surface area contributed by atoms with Crippen molar-refractivity contribution >= 4 is 26.8 Å². The van der Waals surface area contributed by atoms with Gasteiger partial charge < -0.3 is 10.3 Å². The van der Waals surface area contributed by atoms with Crippen molar-refractivity contribution in [3.63, 3.8) is 0 Å². The van der Waals surface area contributed by atoms with Crippen LogP contribution in [0.2, 0.25) is 0 Å². The number of aromatic amines is 1. The Bertz CT molecular complexity index is 1140. The van der Waals surface area contributed by atoms with Crippen molar-refractivity contribution in [2.45, 2.75) is 69.7 Å². The average molecular weight is 460 g/mol. The number of piperidine rings is 1. The Morgan fingerprint density at radius 2 is 1.72 bits per heavy atom. The summed E-state index contributed by atoms with van der Waals surface area (Å²) in [5, 5.41) is 3.22. The fraction of sp³-hybridized carbons (Fsp3) is 0.583. The van der Waals surface area contributed by atoms with Gasteiger partial charge in [0.1, 0.15) is 5.56 Å². The molecule has 1 saturated heterocycles. The van der Waals surface area contributed by atoms with Gasteiger partial charge in [0.05, 0.1) is 4.90 Å². The van der Waals surface area contributed by atoms with Crippen LogP contribution in [0.1, 0.15) is 69.2 Å². The number of H-pyrrole nitrogens is 1. The highest BCUT2D eigenvalue weighted by Crippen LogP contribution is 2.27. The van der Waals surface area contributed by atoms with Crippen molar-refractivity contribution in [1.29, 1.82) is 0 Å². The Kier molecular flexibility index (Phi) is 6.72. The second-order valence-corrected chi connectivity index (χ2v) is 11.6. The molecule has 174 valence electrons. The van der Waals surface area contributed by atoms with Gasteiger partial charge >= 0.3 is 0 Å². The van der Waals surface area contributed by atoms with Crippen LogP contribution >= 0.6 is 0 Å². The van der Waals surface area contributed by atoms with Gasteiger partial charge in [-0.15, -0.1) is 0 Å². The minimum Gasteiger partial charge on any atom is -0.360 e. The van der Waals surface area contributed by atoms with E-state index in [1.807, 2.05) is 0 Å². The van der Waals surface area contributed by atoms with Crippen LogP contribution in [0.3, 0.4) is 0 Å². The number of carbonyl (C=O) groups is 1. The van der Waals surface area contributed by atoms with Crippen molar-refractivity contribution in [2.75, 3.05) is 13.1 Å². The topological polar surface area (TPSA) is 99.3 Å². The SMILES string of the molecule is CC1CC(C)CN(S(=O)(=O)c2ccc3[nH]cc(C(=O)NC4CCCCCC4)c(=O)c3c2)C1. The van der Waals surface area contributed by atoms with Crippen LogP contribution < -0.4 is 10.7 Å². The highest BCUT2D eigenvalue weighted by molar-refractivity contribution is 7.89. The summed E-state index contributed by atoms with van der Waals surface area (Å²) in [6.45, 7) is 5.07. The summed E-state index contributed by atoms with van der Waals surface area (Å²) in [6, 6.07) is 4.63. The molecule has 1 aromatic heterocycles. The van der Waals surface area contributed by atoms with Gasteiger partial charge in [0.2, 0.25) is 15.5 Å². The Labute approximate surface area is 189 Å². The van der Waals surface area contributed by atoms with Gasteiger partial charge in [0, 0.05) is 36.2 Å². The van der Waals surface area contributed by atoms with E-state index in [9.17, 15) is 18.0 Å². The number of amides is 1. The Hall–Kier alpha value is -2.19. The number of carbonyl (C=O) groups excluding carboxylic acids is 1. The first-order valence-electron chi connectivity index (χ1n) is 11.7. The zero-order valence-electron chi connectivity index (χ0n) is 18.9. The highest BCUT2D eigenvalue weighted by atomic mass is 32.2. The first-order chi connectivity index (χ1) is 15.3. The number of nitrogens with one attached hydrogen (secondary N) is 2. The number of sulfonamides is 1. The molecule has 2 fully saturated rings. The monoisotopic (exact) mass is 459 g/mol. The van der Waals surface area contributed by atoms with Gasteiger partial charge in [0.25, 0.3) is 5.91 Å². The van der Waals surface area contributed by atoms with Crippen molar-refractivity contribution in [2.24, 2.45) is 11.8 Å². The molecule has 2 aromatic rings. The van der Waals surface area contributed by atoms with Crippen molar-refractivity contribution in [3.8, 4) is 0 Å². The largest absolute Gasteiger partial charge is 0.360 e. The Morgan fingerprint density at radius 1 is 1.06 bits per heavy atom. The number of rotatable bonds is 4. The van der Waals surface area contributed by atoms with Gasteiger partial charge in [-0.25, -0.2) is 8.42 Å². The molecule has 1 amide bonds. The fourth-order valence-corrected chi connectivity index (χ4v) is 6.87. The third-order valence-electron chi connectivity index (χ3n) is 6.76. The molecule has 2 atom stereocenters. The van der Waals surface area contributed by atoms with Crippen LogP contribution in [-0.4, -0.2) is 42.7 Å². The summed E-state index contributed by atoms with van der Waals surface area (Å²) >= 11 is 0. The van der Waals surface area contributed by atoms with Gasteiger partial charge in [-0.05, 0) is 49.3 Å². The number of aromatic nitrogens is 1. The molecule has 4 rings (SSSR count). The number of fused-ring (bicyclic) bond motifs is 1. The molecule has 2 unspecified atom stereocenters. The summed E-state index contributed by atoms with van der Waals surface area (Å²) < 4.78 is 28.1. The predicted molar refractivity (Wildman–Crippen MR) is 125 cm³/mol. The molecular weight excluding hydrogens is 426 g/mol. The number of pyridine rings is 1. The van der Waals surface area contributed by atoms with Crippen LogP contribution in [0.4, 0.5) is 0 Å². The van der Waals surface area contributed by atoms with Crippen LogP contribution in [0.25, 0.3) is 10.9 Å². The van der Waals surface area contributed by atoms with Crippen LogP contribution in [0.5, 0.6) is 0 Å². The normalized spacial score (nSPS) is 23.7. The van der Waals surface area contributed by atoms with Crippen molar-refractivity contribution in [1.82, 2.24) is 14.6 Å². The maximum Gasteiger partial charge on any atom is 0.256 e. The summed E-state index contributed by atoms with van der Waals surface area (Å²) in [5.74, 6) is 0.181. The van der Waals surface area contributed by atoms with Crippen molar-refractivity contribution in [3.05, 3.63) is 40.2 Å². The second kappa shape index (κ2) is 9.35. The molecule has 1 aromatic carbocycles. The fourth-order valence-electron chi connectivity index (χ4n) is 5.16. The molecule has 2 heterocycles. The van der Waals surface area contributed by atoms with Gasteiger partial charge in [-0.3, -0.25) is 9.59 Å². The van der Waals surface area contributed by atoms with E-state index >= 15 is 0 Å². The lowest BCUT2D eigenvalue weighted by Crippen LogP contribution is -2.42. The highest BCUT2D eigenvalue weighted by Gasteiger charge is 2.32. The molecule has 2 N–H and O–H groups in total. The third kappa shape index (κ3) is 4.76. The molecule has 8 heteroatoms. The lowest BCUT2D eigenvalue weighted by molar-refractivity contribution is 0.0932. The maximum atomic E-state index is 13.3. The van der Waals surface area contributed by atoms with E-state index < -0.39 is 21.4 Å². The zero-order valence-corrected chi connectivity index (χ0v) is 19.7. The number of nitrogens with zero attached hydrogens (tertiary/aromatic N) is 1. The molecule has 7 nitrogen and oxygen atoms in total. The zero-order chi connectivity index (χ0) is 22.9. The van der Waals surface area contributed by atoms with Crippen LogP contribution in [0.15, 0.2) is 34.1 Å². The van der Waals surface area contributed by atoms with E-state index in [0.29, 0.717) is 18.6 Å². The molecule has 1 aliphatic carbocycles. The molecule has 0 radical (unpaired) electrons. The minimum absolute atomic E-state index is 0.0245. The molecule has 1 saturated carbocycles. The third-order valence-corrected chi connectivity index (χ3v) is 8.59. The van der Waals surface area contributed by atoms with Crippen LogP contribution in [0, 0.1) is 11.8 Å². The lowest BCUT2D eigenvalue weighted by Gasteiger charge is -2.34. The predicted octanol–water partition coefficient (Wildman–Crippen LogP) is 3.65. The maximum absolute atomic E-state index is 13.3. The van der Waals surface area contributed by atoms with Crippen LogP contribution in [-0.2, 0) is 10.0 Å². The molecule has 0 spiro atoms. The van der Waals surface area contributed by atoms with E-state index in [4.69, 9.17) is 0 Å². The Morgan fingerprint density at radius 3 is 2.38 bits per heavy atom.